The molecule has 4 N–H and O–H groups in total. The summed E-state index contributed by atoms with van der Waals surface area (Å²) in [7, 11) is 0. The van der Waals surface area contributed by atoms with Gasteiger partial charge in [0.1, 0.15) is 18.0 Å². The first-order valence-corrected chi connectivity index (χ1v) is 14.3. The lowest BCUT2D eigenvalue weighted by Gasteiger charge is -2.25. The topological polar surface area (TPSA) is 131 Å². The Morgan fingerprint density at radius 1 is 1.22 bits per heavy atom. The van der Waals surface area contributed by atoms with Crippen molar-refractivity contribution in [1.82, 2.24) is 14.5 Å². The first kappa shape index (κ1) is 28.6. The molecule has 1 atom stereocenters. The maximum atomic E-state index is 15.7. The van der Waals surface area contributed by atoms with Crippen LogP contribution in [0.5, 0.6) is 0 Å². The van der Waals surface area contributed by atoms with E-state index >= 15 is 4.39 Å². The van der Waals surface area contributed by atoms with Gasteiger partial charge >= 0.3 is 0 Å². The fourth-order valence-corrected chi connectivity index (χ4v) is 5.94. The highest BCUT2D eigenvalue weighted by atomic mass is 19.1. The van der Waals surface area contributed by atoms with E-state index in [0.29, 0.717) is 53.0 Å². The molecule has 1 unspecified atom stereocenters. The molecule has 2 aromatic carbocycles. The van der Waals surface area contributed by atoms with Crippen molar-refractivity contribution in [3.05, 3.63) is 86.6 Å². The van der Waals surface area contributed by atoms with E-state index in [0.717, 1.165) is 50.6 Å². The summed E-state index contributed by atoms with van der Waals surface area (Å²) in [5.74, 6) is -0.332. The summed E-state index contributed by atoms with van der Waals surface area (Å²) in [4.78, 5) is 22.9. The van der Waals surface area contributed by atoms with Gasteiger partial charge in [0.2, 0.25) is 12.0 Å². The minimum absolute atomic E-state index is 0.000746. The molecule has 1 aliphatic carbocycles. The molecule has 1 aliphatic heterocycles. The summed E-state index contributed by atoms with van der Waals surface area (Å²) in [6.07, 6.45) is 6.25. The molecule has 41 heavy (non-hydrogen) atoms. The fraction of sp³-hybridized carbons (Fsp3) is 0.419. The van der Waals surface area contributed by atoms with E-state index in [9.17, 15) is 9.90 Å². The number of benzene rings is 2. The van der Waals surface area contributed by atoms with Gasteiger partial charge in [0.15, 0.2) is 0 Å². The second kappa shape index (κ2) is 12.7. The van der Waals surface area contributed by atoms with Gasteiger partial charge in [-0.25, -0.2) is 9.38 Å². The molecule has 0 radical (unpaired) electrons. The van der Waals surface area contributed by atoms with Crippen molar-refractivity contribution in [2.45, 2.75) is 70.7 Å². The van der Waals surface area contributed by atoms with Gasteiger partial charge in [0.25, 0.3) is 5.56 Å². The number of amidine groups is 1. The number of rotatable bonds is 8. The number of aliphatic hydroxyl groups is 1. The van der Waals surface area contributed by atoms with Crippen LogP contribution in [0.3, 0.4) is 0 Å². The molecule has 0 bridgehead atoms. The van der Waals surface area contributed by atoms with Crippen molar-refractivity contribution in [1.29, 1.82) is 10.8 Å². The van der Waals surface area contributed by atoms with Crippen LogP contribution in [0.15, 0.2) is 52.3 Å². The van der Waals surface area contributed by atoms with Crippen LogP contribution in [0.1, 0.15) is 73.9 Å². The van der Waals surface area contributed by atoms with Crippen molar-refractivity contribution >= 4 is 12.2 Å². The molecule has 2 heterocycles. The zero-order chi connectivity index (χ0) is 28.9. The second-order valence-corrected chi connectivity index (χ2v) is 10.6. The molecule has 1 saturated carbocycles. The summed E-state index contributed by atoms with van der Waals surface area (Å²) in [6, 6.07) is 12.2. The average Bonchev–Trinajstić information content (AvgIpc) is 3.42. The van der Waals surface area contributed by atoms with Gasteiger partial charge in [0.05, 0.1) is 6.61 Å². The lowest BCUT2D eigenvalue weighted by molar-refractivity contribution is -0.110. The first-order valence-electron chi connectivity index (χ1n) is 14.3. The van der Waals surface area contributed by atoms with Crippen molar-refractivity contribution in [2.75, 3.05) is 13.2 Å². The Morgan fingerprint density at radius 2 is 2.00 bits per heavy atom. The zero-order valence-electron chi connectivity index (χ0n) is 23.3. The summed E-state index contributed by atoms with van der Waals surface area (Å²) < 4.78 is 22.6. The number of nitrogens with zero attached hydrogens (tertiary/aromatic N) is 3. The van der Waals surface area contributed by atoms with Crippen LogP contribution >= 0.6 is 0 Å². The molecule has 2 aliphatic rings. The van der Waals surface area contributed by atoms with E-state index < -0.39 is 12.2 Å². The zero-order valence-corrected chi connectivity index (χ0v) is 23.3. The number of H-pyrrole nitrogens is 1. The third kappa shape index (κ3) is 5.94. The number of halogens is 1. The van der Waals surface area contributed by atoms with Crippen LogP contribution in [0.4, 0.5) is 4.39 Å². The molecular formula is C31H37FN6O3. The quantitative estimate of drug-likeness (QED) is 0.239. The highest BCUT2D eigenvalue weighted by Crippen LogP contribution is 2.29. The van der Waals surface area contributed by atoms with Crippen LogP contribution in [0.2, 0.25) is 0 Å². The molecule has 9 nitrogen and oxygen atoms in total. The maximum absolute atomic E-state index is 15.7. The van der Waals surface area contributed by atoms with Crippen LogP contribution in [0, 0.1) is 16.6 Å². The van der Waals surface area contributed by atoms with E-state index in [1.54, 1.807) is 22.8 Å². The minimum Gasteiger partial charge on any atom is -0.351 e. The normalized spacial score (nSPS) is 18.2. The highest BCUT2D eigenvalue weighted by molar-refractivity contribution is 6.02. The number of aromatic amines is 1. The van der Waals surface area contributed by atoms with Crippen molar-refractivity contribution in [3.63, 3.8) is 0 Å². The predicted molar refractivity (Wildman–Crippen MR) is 156 cm³/mol. The third-order valence-corrected chi connectivity index (χ3v) is 8.03. The van der Waals surface area contributed by atoms with Crippen LogP contribution in [-0.4, -0.2) is 51.3 Å². The van der Waals surface area contributed by atoms with Crippen molar-refractivity contribution in [3.8, 4) is 11.1 Å². The predicted octanol–water partition coefficient (Wildman–Crippen LogP) is 4.47. The van der Waals surface area contributed by atoms with Gasteiger partial charge in [-0.05, 0) is 42.0 Å². The summed E-state index contributed by atoms with van der Waals surface area (Å²) in [5.41, 5.74) is 3.68. The highest BCUT2D eigenvalue weighted by Gasteiger charge is 2.28. The maximum Gasteiger partial charge on any atom is 0.258 e. The number of aliphatic hydroxyl groups excluding tert-OH is 1. The average molecular weight is 561 g/mol. The van der Waals surface area contributed by atoms with E-state index in [1.165, 1.54) is 11.0 Å². The van der Waals surface area contributed by atoms with Gasteiger partial charge in [0, 0.05) is 35.8 Å². The Morgan fingerprint density at radius 3 is 2.68 bits per heavy atom. The van der Waals surface area contributed by atoms with Crippen molar-refractivity contribution in [2.24, 2.45) is 4.99 Å². The van der Waals surface area contributed by atoms with Gasteiger partial charge in [-0.3, -0.25) is 20.2 Å². The number of aryl methyl sites for hydroxylation is 1. The van der Waals surface area contributed by atoms with E-state index in [2.05, 4.69) is 9.98 Å². The van der Waals surface area contributed by atoms with E-state index in [-0.39, 0.29) is 23.9 Å². The third-order valence-electron chi connectivity index (χ3n) is 8.03. The Kier molecular flexibility index (Phi) is 8.90. The minimum atomic E-state index is -1.18. The number of hydrogen-bond donors (Lipinski definition) is 4. The molecular weight excluding hydrogens is 523 g/mol. The van der Waals surface area contributed by atoms with Crippen LogP contribution in [0.25, 0.3) is 11.1 Å². The largest absolute Gasteiger partial charge is 0.351 e. The number of hydrogen-bond acceptors (Lipinski definition) is 5. The second-order valence-electron chi connectivity index (χ2n) is 10.6. The molecule has 1 aromatic heterocycles. The number of aromatic nitrogens is 2. The molecule has 0 spiro atoms. The Balaban J connectivity index is 1.52. The van der Waals surface area contributed by atoms with E-state index in [4.69, 9.17) is 15.6 Å². The van der Waals surface area contributed by atoms with Gasteiger partial charge in [-0.1, -0.05) is 69.0 Å². The SMILES string of the molecule is CCCc1[nH]/c(=N\C=N)n(C2CCCCC2)c(=O)c1Cc1ccc(-c2ccccc2C(=N)N2CCOC2O)cc1F. The molecule has 2 fully saturated rings. The Hall–Kier alpha value is -3.89. The molecule has 216 valence electrons. The molecule has 1 saturated heterocycles. The lowest BCUT2D eigenvalue weighted by Crippen LogP contribution is -2.42. The molecule has 0 amide bonds. The molecule has 5 rings (SSSR count). The first-order chi connectivity index (χ1) is 19.9. The van der Waals surface area contributed by atoms with Crippen LogP contribution < -0.4 is 11.2 Å². The van der Waals surface area contributed by atoms with Gasteiger partial charge in [-0.15, -0.1) is 0 Å². The standard InChI is InChI=1S/C31H37FN6O3/c1-2-8-27-25(29(39)38(30(36-27)35-19-33)22-9-4-3-5-10-22)17-21-14-13-20(18-26(21)32)23-11-6-7-12-24(23)28(34)37-15-16-41-31(37)40/h6-7,11-14,18-19,22,31,34,40H,2-5,8-10,15-17H2,1H3,(H2,33,35,36). The smallest absolute Gasteiger partial charge is 0.258 e. The summed E-state index contributed by atoms with van der Waals surface area (Å²) in [6.45, 7) is 2.74. The van der Waals surface area contributed by atoms with Gasteiger partial charge < -0.3 is 19.7 Å². The van der Waals surface area contributed by atoms with Crippen LogP contribution in [-0.2, 0) is 17.6 Å². The number of ether oxygens (including phenoxy) is 1. The Bertz CT molecular complexity index is 1560. The lowest BCUT2D eigenvalue weighted by atomic mass is 9.94. The molecule has 10 heteroatoms. The summed E-state index contributed by atoms with van der Waals surface area (Å²) in [5, 5.41) is 26.3. The van der Waals surface area contributed by atoms with E-state index in [1.807, 2.05) is 25.1 Å². The Labute approximate surface area is 238 Å². The summed E-state index contributed by atoms with van der Waals surface area (Å²) >= 11 is 0. The monoisotopic (exact) mass is 560 g/mol. The van der Waals surface area contributed by atoms with Gasteiger partial charge in [-0.2, -0.15) is 0 Å². The fourth-order valence-electron chi connectivity index (χ4n) is 5.94. The number of nitrogens with one attached hydrogen (secondary N) is 3. The van der Waals surface area contributed by atoms with Crippen molar-refractivity contribution < 1.29 is 14.2 Å². The molecule has 3 aromatic rings.